The molecule has 0 aromatic heterocycles. The topological polar surface area (TPSA) is 70.1 Å². The first-order valence-corrected chi connectivity index (χ1v) is 10.9. The van der Waals surface area contributed by atoms with Gasteiger partial charge < -0.3 is 9.84 Å². The summed E-state index contributed by atoms with van der Waals surface area (Å²) in [4.78, 5) is 2.41. The Morgan fingerprint density at radius 2 is 1.88 bits per heavy atom. The van der Waals surface area contributed by atoms with Crippen LogP contribution in [0.5, 0.6) is 5.75 Å². The number of benzene rings is 1. The molecule has 0 spiro atoms. The van der Waals surface area contributed by atoms with Crippen molar-refractivity contribution in [2.75, 3.05) is 45.9 Å². The van der Waals surface area contributed by atoms with Gasteiger partial charge in [0.25, 0.3) is 0 Å². The van der Waals surface area contributed by atoms with Crippen LogP contribution in [0.2, 0.25) is 0 Å². The van der Waals surface area contributed by atoms with Crippen LogP contribution >= 0.6 is 0 Å². The maximum absolute atomic E-state index is 13.0. The predicted molar refractivity (Wildman–Crippen MR) is 103 cm³/mol. The second-order valence-corrected chi connectivity index (χ2v) is 8.96. The van der Waals surface area contributed by atoms with Gasteiger partial charge in [-0.3, -0.25) is 4.90 Å². The van der Waals surface area contributed by atoms with E-state index in [0.29, 0.717) is 44.2 Å². The Morgan fingerprint density at radius 1 is 1.19 bits per heavy atom. The quantitative estimate of drug-likeness (QED) is 0.662. The lowest BCUT2D eigenvalue weighted by Crippen LogP contribution is -2.49. The number of hydrogen-bond acceptors (Lipinski definition) is 5. The van der Waals surface area contributed by atoms with Gasteiger partial charge in [-0.05, 0) is 36.1 Å². The minimum Gasteiger partial charge on any atom is -0.493 e. The van der Waals surface area contributed by atoms with Crippen molar-refractivity contribution in [3.05, 3.63) is 23.8 Å². The van der Waals surface area contributed by atoms with Crippen molar-refractivity contribution >= 4 is 10.0 Å². The molecule has 0 radical (unpaired) electrons. The molecule has 2 rings (SSSR count). The zero-order valence-corrected chi connectivity index (χ0v) is 17.0. The molecule has 1 aliphatic rings. The second-order valence-electron chi connectivity index (χ2n) is 7.03. The Kier molecular flexibility index (Phi) is 7.88. The van der Waals surface area contributed by atoms with E-state index in [1.54, 1.807) is 18.2 Å². The summed E-state index contributed by atoms with van der Waals surface area (Å²) in [6, 6.07) is 5.21. The van der Waals surface area contributed by atoms with Crippen LogP contribution in [-0.4, -0.2) is 68.7 Å². The van der Waals surface area contributed by atoms with Gasteiger partial charge in [0.15, 0.2) is 0 Å². The standard InChI is InChI=1S/C19H32N2O4S/c1-4-5-14-25-19-7-6-17(15-18(19)16(2)3)26(23,24)21-10-8-20(9-11-21)12-13-22/h6-7,15-16,22H,4-5,8-14H2,1-3H3. The van der Waals surface area contributed by atoms with Crippen molar-refractivity contribution in [1.29, 1.82) is 0 Å². The first-order chi connectivity index (χ1) is 12.4. The van der Waals surface area contributed by atoms with E-state index >= 15 is 0 Å². The molecule has 1 saturated heterocycles. The van der Waals surface area contributed by atoms with Gasteiger partial charge >= 0.3 is 0 Å². The fourth-order valence-corrected chi connectivity index (χ4v) is 4.54. The lowest BCUT2D eigenvalue weighted by molar-refractivity contribution is 0.151. The van der Waals surface area contributed by atoms with Crippen LogP contribution in [0.15, 0.2) is 23.1 Å². The molecule has 0 saturated carbocycles. The monoisotopic (exact) mass is 384 g/mol. The lowest BCUT2D eigenvalue weighted by Gasteiger charge is -2.33. The van der Waals surface area contributed by atoms with E-state index < -0.39 is 10.0 Å². The number of piperazine rings is 1. The second kappa shape index (κ2) is 9.69. The number of unbranched alkanes of at least 4 members (excludes halogenated alkanes) is 1. The van der Waals surface area contributed by atoms with E-state index in [1.165, 1.54) is 4.31 Å². The van der Waals surface area contributed by atoms with Gasteiger partial charge in [0.05, 0.1) is 18.1 Å². The number of aliphatic hydroxyl groups is 1. The van der Waals surface area contributed by atoms with Crippen molar-refractivity contribution in [2.24, 2.45) is 0 Å². The molecule has 26 heavy (non-hydrogen) atoms. The fourth-order valence-electron chi connectivity index (χ4n) is 3.08. The summed E-state index contributed by atoms with van der Waals surface area (Å²) in [6.45, 7) is 9.75. The third-order valence-corrected chi connectivity index (χ3v) is 6.64. The van der Waals surface area contributed by atoms with E-state index in [2.05, 4.69) is 11.8 Å². The molecule has 1 heterocycles. The highest BCUT2D eigenvalue weighted by atomic mass is 32.2. The average Bonchev–Trinajstić information content (AvgIpc) is 2.62. The Hall–Kier alpha value is -1.15. The van der Waals surface area contributed by atoms with E-state index in [0.717, 1.165) is 24.2 Å². The number of aliphatic hydroxyl groups excluding tert-OH is 1. The predicted octanol–water partition coefficient (Wildman–Crippen LogP) is 2.29. The molecule has 1 aromatic rings. The van der Waals surface area contributed by atoms with Crippen molar-refractivity contribution in [2.45, 2.75) is 44.4 Å². The van der Waals surface area contributed by atoms with Gasteiger partial charge in [-0.1, -0.05) is 27.2 Å². The largest absolute Gasteiger partial charge is 0.493 e. The molecule has 148 valence electrons. The summed E-state index contributed by atoms with van der Waals surface area (Å²) in [6.07, 6.45) is 2.04. The number of ether oxygens (including phenoxy) is 1. The minimum absolute atomic E-state index is 0.101. The zero-order valence-electron chi connectivity index (χ0n) is 16.1. The molecule has 0 unspecified atom stereocenters. The van der Waals surface area contributed by atoms with Gasteiger partial charge in [-0.2, -0.15) is 4.31 Å². The van der Waals surface area contributed by atoms with Gasteiger partial charge in [-0.15, -0.1) is 0 Å². The summed E-state index contributed by atoms with van der Waals surface area (Å²) in [7, 11) is -3.51. The van der Waals surface area contributed by atoms with E-state index in [1.807, 2.05) is 13.8 Å². The third kappa shape index (κ3) is 5.19. The first-order valence-electron chi connectivity index (χ1n) is 9.50. The molecule has 0 atom stereocenters. The molecule has 6 nitrogen and oxygen atoms in total. The average molecular weight is 385 g/mol. The van der Waals surface area contributed by atoms with E-state index in [4.69, 9.17) is 9.84 Å². The van der Waals surface area contributed by atoms with Gasteiger partial charge in [-0.25, -0.2) is 8.42 Å². The zero-order chi connectivity index (χ0) is 19.2. The number of hydrogen-bond donors (Lipinski definition) is 1. The highest BCUT2D eigenvalue weighted by Crippen LogP contribution is 2.30. The van der Waals surface area contributed by atoms with Crippen LogP contribution < -0.4 is 4.74 Å². The molecular weight excluding hydrogens is 352 g/mol. The molecule has 1 N–H and O–H groups in total. The van der Waals surface area contributed by atoms with Crippen molar-refractivity contribution in [3.8, 4) is 5.75 Å². The molecule has 7 heteroatoms. The van der Waals surface area contributed by atoms with Crippen LogP contribution in [0.4, 0.5) is 0 Å². The maximum Gasteiger partial charge on any atom is 0.243 e. The number of sulfonamides is 1. The lowest BCUT2D eigenvalue weighted by atomic mass is 10.0. The first kappa shape index (κ1) is 21.2. The van der Waals surface area contributed by atoms with Crippen LogP contribution in [-0.2, 0) is 10.0 Å². The maximum atomic E-state index is 13.0. The van der Waals surface area contributed by atoms with Gasteiger partial charge in [0.1, 0.15) is 5.75 Å². The summed E-state index contributed by atoms with van der Waals surface area (Å²) in [5.74, 6) is 0.961. The molecule has 1 aliphatic heterocycles. The molecular formula is C19H32N2O4S. The molecule has 0 aliphatic carbocycles. The summed E-state index contributed by atoms with van der Waals surface area (Å²) in [5.41, 5.74) is 0.932. The van der Waals surface area contributed by atoms with E-state index in [-0.39, 0.29) is 12.5 Å². The Labute approximate surface area is 157 Å². The van der Waals surface area contributed by atoms with Gasteiger partial charge in [0, 0.05) is 32.7 Å². The Bertz CT molecular complexity index is 668. The van der Waals surface area contributed by atoms with Crippen molar-refractivity contribution < 1.29 is 18.3 Å². The Morgan fingerprint density at radius 3 is 2.46 bits per heavy atom. The van der Waals surface area contributed by atoms with Crippen LogP contribution in [0, 0.1) is 0 Å². The van der Waals surface area contributed by atoms with Crippen LogP contribution in [0.3, 0.4) is 0 Å². The van der Waals surface area contributed by atoms with E-state index in [9.17, 15) is 8.42 Å². The SMILES string of the molecule is CCCCOc1ccc(S(=O)(=O)N2CCN(CCO)CC2)cc1C(C)C. The Balaban J connectivity index is 2.17. The molecule has 1 aromatic carbocycles. The summed E-state index contributed by atoms with van der Waals surface area (Å²) in [5, 5.41) is 9.02. The number of rotatable bonds is 9. The van der Waals surface area contributed by atoms with Gasteiger partial charge in [0.2, 0.25) is 10.0 Å². The van der Waals surface area contributed by atoms with Crippen molar-refractivity contribution in [1.82, 2.24) is 9.21 Å². The fraction of sp³-hybridized carbons (Fsp3) is 0.684. The molecule has 1 fully saturated rings. The third-order valence-electron chi connectivity index (χ3n) is 4.74. The highest BCUT2D eigenvalue weighted by Gasteiger charge is 2.29. The smallest absolute Gasteiger partial charge is 0.243 e. The number of nitrogens with zero attached hydrogens (tertiary/aromatic N) is 2. The normalized spacial score (nSPS) is 17.0. The molecule has 0 amide bonds. The van der Waals surface area contributed by atoms with Crippen molar-refractivity contribution in [3.63, 3.8) is 0 Å². The molecule has 0 bridgehead atoms. The van der Waals surface area contributed by atoms with Crippen LogP contribution in [0.1, 0.15) is 45.1 Å². The summed E-state index contributed by atoms with van der Waals surface area (Å²) < 4.78 is 33.4. The number of β-amino-alcohol motifs (C(OH)–C–C–N with tert-alkyl or cyclic N) is 1. The highest BCUT2D eigenvalue weighted by molar-refractivity contribution is 7.89. The minimum atomic E-state index is -3.51. The summed E-state index contributed by atoms with van der Waals surface area (Å²) >= 11 is 0. The van der Waals surface area contributed by atoms with Crippen LogP contribution in [0.25, 0.3) is 0 Å².